The monoisotopic (exact) mass is 537 g/mol. The highest BCUT2D eigenvalue weighted by atomic mass is 16.6. The fourth-order valence-corrected chi connectivity index (χ4v) is 5.04. The molecule has 4 heterocycles. The normalized spacial score (nSPS) is 17.8. The lowest BCUT2D eigenvalue weighted by atomic mass is 9.95. The number of pyridine rings is 2. The van der Waals surface area contributed by atoms with E-state index in [4.69, 9.17) is 19.6 Å². The molecule has 4 rings (SSSR count). The Hall–Kier alpha value is -3.50. The van der Waals surface area contributed by atoms with Crippen LogP contribution in [-0.4, -0.2) is 60.3 Å². The van der Waals surface area contributed by atoms with Crippen LogP contribution < -0.4 is 16.0 Å². The Balaban J connectivity index is 1.67. The van der Waals surface area contributed by atoms with Crippen LogP contribution in [0.4, 0.5) is 16.4 Å². The molecular weight excluding hydrogens is 498 g/mol. The first-order valence-electron chi connectivity index (χ1n) is 13.4. The van der Waals surface area contributed by atoms with E-state index in [-0.39, 0.29) is 29.7 Å². The molecule has 3 aromatic heterocycles. The lowest BCUT2D eigenvalue weighted by Crippen LogP contribution is -2.46. The van der Waals surface area contributed by atoms with Gasteiger partial charge in [-0.15, -0.1) is 0 Å². The summed E-state index contributed by atoms with van der Waals surface area (Å²) in [5.74, 6) is 0.211. The third-order valence-corrected chi connectivity index (χ3v) is 6.55. The van der Waals surface area contributed by atoms with E-state index in [2.05, 4.69) is 27.1 Å². The van der Waals surface area contributed by atoms with Crippen LogP contribution in [0.15, 0.2) is 35.1 Å². The molecule has 0 spiro atoms. The van der Waals surface area contributed by atoms with Crippen molar-refractivity contribution in [1.29, 1.82) is 0 Å². The molecular formula is C29H39N5O5. The van der Waals surface area contributed by atoms with Crippen LogP contribution in [0.5, 0.6) is 0 Å². The van der Waals surface area contributed by atoms with Crippen molar-refractivity contribution in [3.05, 3.63) is 47.4 Å². The maximum absolute atomic E-state index is 13.9. The van der Waals surface area contributed by atoms with E-state index in [0.29, 0.717) is 30.2 Å². The Kier molecular flexibility index (Phi) is 8.87. The van der Waals surface area contributed by atoms with Gasteiger partial charge in [0.15, 0.2) is 11.4 Å². The van der Waals surface area contributed by atoms with Crippen molar-refractivity contribution < 1.29 is 23.5 Å². The number of ether oxygens (including phenoxy) is 2. The van der Waals surface area contributed by atoms with Crippen molar-refractivity contribution in [3.63, 3.8) is 0 Å². The second kappa shape index (κ2) is 12.1. The molecule has 0 aliphatic carbocycles. The Bertz CT molecular complexity index is 1310. The fraction of sp³-hybridized carbons (Fsp3) is 0.517. The van der Waals surface area contributed by atoms with Crippen LogP contribution in [0.25, 0.3) is 11.1 Å². The molecule has 1 aliphatic heterocycles. The minimum absolute atomic E-state index is 0.0184. The molecule has 1 amide bonds. The van der Waals surface area contributed by atoms with Crippen molar-refractivity contribution in [2.45, 2.75) is 65.0 Å². The van der Waals surface area contributed by atoms with Gasteiger partial charge in [-0.2, -0.15) is 0 Å². The van der Waals surface area contributed by atoms with Gasteiger partial charge in [-0.3, -0.25) is 20.1 Å². The van der Waals surface area contributed by atoms with E-state index >= 15 is 0 Å². The van der Waals surface area contributed by atoms with Crippen molar-refractivity contribution >= 4 is 34.5 Å². The minimum atomic E-state index is -0.718. The number of fused-ring (bicyclic) bond motifs is 1. The van der Waals surface area contributed by atoms with E-state index < -0.39 is 11.7 Å². The first kappa shape index (κ1) is 28.5. The molecule has 210 valence electrons. The quantitative estimate of drug-likeness (QED) is 0.293. The molecule has 0 radical (unpaired) electrons. The number of anilines is 2. The van der Waals surface area contributed by atoms with Crippen LogP contribution >= 0.6 is 0 Å². The van der Waals surface area contributed by atoms with Crippen molar-refractivity contribution in [2.75, 3.05) is 37.0 Å². The Labute approximate surface area is 229 Å². The lowest BCUT2D eigenvalue weighted by molar-refractivity contribution is 0.0633. The summed E-state index contributed by atoms with van der Waals surface area (Å²) in [4.78, 5) is 37.6. The number of hydrogen-bond acceptors (Lipinski definition) is 9. The number of methoxy groups -OCH3 is 1. The first-order chi connectivity index (χ1) is 18.5. The van der Waals surface area contributed by atoms with Gasteiger partial charge >= 0.3 is 6.09 Å². The number of piperidine rings is 1. The van der Waals surface area contributed by atoms with Gasteiger partial charge in [0, 0.05) is 69.1 Å². The van der Waals surface area contributed by atoms with Gasteiger partial charge in [0.05, 0.1) is 0 Å². The average Bonchev–Trinajstić information content (AvgIpc) is 3.19. The summed E-state index contributed by atoms with van der Waals surface area (Å²) < 4.78 is 16.6. The van der Waals surface area contributed by atoms with Gasteiger partial charge in [-0.05, 0) is 63.6 Å². The summed E-state index contributed by atoms with van der Waals surface area (Å²) in [6.07, 6.45) is 7.04. The minimum Gasteiger partial charge on any atom is -0.444 e. The molecule has 1 fully saturated rings. The summed E-state index contributed by atoms with van der Waals surface area (Å²) in [6, 6.07) is 3.84. The largest absolute Gasteiger partial charge is 0.444 e. The van der Waals surface area contributed by atoms with Crippen molar-refractivity contribution in [1.82, 2.24) is 9.97 Å². The second-order valence-corrected chi connectivity index (χ2v) is 11.3. The highest BCUT2D eigenvalue weighted by molar-refractivity contribution is 6.12. The molecule has 1 aliphatic rings. The van der Waals surface area contributed by atoms with E-state index in [0.717, 1.165) is 42.6 Å². The molecule has 0 bridgehead atoms. The number of carbonyl (C=O) groups excluding carboxylic acids is 2. The molecule has 0 aromatic carbocycles. The van der Waals surface area contributed by atoms with Gasteiger partial charge in [-0.25, -0.2) is 4.79 Å². The molecule has 39 heavy (non-hydrogen) atoms. The molecule has 1 saturated heterocycles. The standard InChI is InChI=1S/C29H39N5O5/c1-18-11-21(30)17-34(16-18)22-8-9-31-15-20(22)13-23(35)25-26-24(12-19(14-32-26)7-6-10-37-5)38-27(25)33-28(36)39-29(2,3)4/h8-9,12,14-15,18,21H,6-7,10-11,13,16-17,30H2,1-5H3,(H,33,36)/t18-,21+/m1/s1. The third kappa shape index (κ3) is 7.33. The van der Waals surface area contributed by atoms with Crippen molar-refractivity contribution in [2.24, 2.45) is 11.7 Å². The number of carbonyl (C=O) groups is 2. The van der Waals surface area contributed by atoms with Crippen LogP contribution in [-0.2, 0) is 22.3 Å². The zero-order chi connectivity index (χ0) is 28.2. The molecule has 3 N–H and O–H groups in total. The van der Waals surface area contributed by atoms with Crippen LogP contribution in [0, 0.1) is 5.92 Å². The summed E-state index contributed by atoms with van der Waals surface area (Å²) in [5, 5.41) is 2.63. The number of nitrogens with one attached hydrogen (secondary N) is 1. The van der Waals surface area contributed by atoms with Gasteiger partial charge < -0.3 is 24.5 Å². The van der Waals surface area contributed by atoms with Gasteiger partial charge in [0.1, 0.15) is 16.7 Å². The highest BCUT2D eigenvalue weighted by Gasteiger charge is 2.28. The molecule has 0 saturated carbocycles. The number of nitrogens with two attached hydrogens (primary N) is 1. The predicted molar refractivity (Wildman–Crippen MR) is 150 cm³/mol. The number of hydrogen-bond donors (Lipinski definition) is 2. The number of aryl methyl sites for hydroxylation is 1. The Morgan fingerprint density at radius 2 is 2.05 bits per heavy atom. The van der Waals surface area contributed by atoms with E-state index in [1.54, 1.807) is 46.5 Å². The summed E-state index contributed by atoms with van der Waals surface area (Å²) in [7, 11) is 1.66. The molecule has 3 aromatic rings. The van der Waals surface area contributed by atoms with E-state index in [1.807, 2.05) is 12.1 Å². The maximum Gasteiger partial charge on any atom is 0.414 e. The van der Waals surface area contributed by atoms with E-state index in [1.165, 1.54) is 0 Å². The second-order valence-electron chi connectivity index (χ2n) is 11.3. The number of Topliss-reactive ketones (excluding diaryl/α,β-unsaturated/α-hetero) is 1. The molecule has 2 atom stereocenters. The van der Waals surface area contributed by atoms with Crippen molar-refractivity contribution in [3.8, 4) is 0 Å². The fourth-order valence-electron chi connectivity index (χ4n) is 5.04. The maximum atomic E-state index is 13.9. The van der Waals surface area contributed by atoms with Crippen LogP contribution in [0.2, 0.25) is 0 Å². The average molecular weight is 538 g/mol. The number of aromatic nitrogens is 2. The Morgan fingerprint density at radius 1 is 1.26 bits per heavy atom. The summed E-state index contributed by atoms with van der Waals surface area (Å²) >= 11 is 0. The number of rotatable bonds is 9. The third-order valence-electron chi connectivity index (χ3n) is 6.55. The van der Waals surface area contributed by atoms with Gasteiger partial charge in [0.25, 0.3) is 0 Å². The van der Waals surface area contributed by atoms with Crippen LogP contribution in [0.1, 0.15) is 62.0 Å². The lowest BCUT2D eigenvalue weighted by Gasteiger charge is -2.37. The number of amides is 1. The summed E-state index contributed by atoms with van der Waals surface area (Å²) in [5.41, 5.74) is 9.25. The topological polar surface area (TPSA) is 133 Å². The SMILES string of the molecule is COCCCc1cnc2c(C(=O)Cc3cnccc3N3C[C@H](C)C[C@H](N)C3)c(NC(=O)OC(C)(C)C)oc2c1. The molecule has 10 nitrogen and oxygen atoms in total. The van der Waals surface area contributed by atoms with Gasteiger partial charge in [-0.1, -0.05) is 6.92 Å². The van der Waals surface area contributed by atoms with Crippen LogP contribution in [0.3, 0.4) is 0 Å². The number of nitrogens with zero attached hydrogens (tertiary/aromatic N) is 3. The number of furan rings is 1. The summed E-state index contributed by atoms with van der Waals surface area (Å²) in [6.45, 7) is 9.67. The highest BCUT2D eigenvalue weighted by Crippen LogP contribution is 2.33. The zero-order valence-corrected chi connectivity index (χ0v) is 23.5. The van der Waals surface area contributed by atoms with Gasteiger partial charge in [0.2, 0.25) is 5.88 Å². The Morgan fingerprint density at radius 3 is 2.77 bits per heavy atom. The smallest absolute Gasteiger partial charge is 0.414 e. The molecule has 10 heteroatoms. The molecule has 0 unspecified atom stereocenters. The number of ketones is 1. The zero-order valence-electron chi connectivity index (χ0n) is 23.5. The van der Waals surface area contributed by atoms with E-state index in [9.17, 15) is 9.59 Å². The predicted octanol–water partition coefficient (Wildman–Crippen LogP) is 4.75. The first-order valence-corrected chi connectivity index (χ1v) is 13.4.